The molecule has 28 heavy (non-hydrogen) atoms. The minimum atomic E-state index is -1.12. The summed E-state index contributed by atoms with van der Waals surface area (Å²) in [5.41, 5.74) is 0.867. The third-order valence-electron chi connectivity index (χ3n) is 3.66. The number of para-hydroxylation sites is 1. The van der Waals surface area contributed by atoms with Gasteiger partial charge in [-0.3, -0.25) is 10.1 Å². The average Bonchev–Trinajstić information content (AvgIpc) is 3.11. The Morgan fingerprint density at radius 1 is 1.04 bits per heavy atom. The van der Waals surface area contributed by atoms with Crippen LogP contribution < -0.4 is 10.6 Å². The molecule has 0 spiro atoms. The van der Waals surface area contributed by atoms with Gasteiger partial charge in [0.15, 0.2) is 10.9 Å². The third-order valence-corrected chi connectivity index (χ3v) is 4.41. The molecule has 6 nitrogen and oxygen atoms in total. The van der Waals surface area contributed by atoms with E-state index in [4.69, 9.17) is 39.8 Å². The number of nitrogens with one attached hydrogen (secondary N) is 2. The van der Waals surface area contributed by atoms with Gasteiger partial charge in [0.25, 0.3) is 5.91 Å². The van der Waals surface area contributed by atoms with Gasteiger partial charge in [-0.15, -0.1) is 0 Å². The van der Waals surface area contributed by atoms with Crippen LogP contribution in [0.15, 0.2) is 59.0 Å². The Labute approximate surface area is 175 Å². The first-order valence-electron chi connectivity index (χ1n) is 7.85. The molecular weight excluding hydrogens is 423 g/mol. The lowest BCUT2D eigenvalue weighted by Gasteiger charge is -2.10. The average molecular weight is 435 g/mol. The highest BCUT2D eigenvalue weighted by Crippen LogP contribution is 2.31. The number of rotatable bonds is 4. The Bertz CT molecular complexity index is 1080. The molecule has 3 N–H and O–H groups in total. The number of hydrogen-bond acceptors (Lipinski definition) is 4. The maximum absolute atomic E-state index is 12.3. The lowest BCUT2D eigenvalue weighted by Crippen LogP contribution is -2.34. The van der Waals surface area contributed by atoms with E-state index in [0.717, 1.165) is 0 Å². The van der Waals surface area contributed by atoms with E-state index in [1.807, 2.05) is 0 Å². The summed E-state index contributed by atoms with van der Waals surface area (Å²) in [5.74, 6) is -1.31. The van der Waals surface area contributed by atoms with Crippen LogP contribution in [0.3, 0.4) is 0 Å². The molecule has 0 aliphatic rings. The molecular formula is C19H12Cl2N2O4S. The highest BCUT2D eigenvalue weighted by molar-refractivity contribution is 7.80. The zero-order valence-electron chi connectivity index (χ0n) is 14.0. The van der Waals surface area contributed by atoms with Crippen molar-refractivity contribution in [2.75, 3.05) is 5.32 Å². The van der Waals surface area contributed by atoms with Gasteiger partial charge < -0.3 is 14.8 Å². The number of hydrogen-bond donors (Lipinski definition) is 3. The van der Waals surface area contributed by atoms with Gasteiger partial charge in [-0.2, -0.15) is 0 Å². The van der Waals surface area contributed by atoms with E-state index in [-0.39, 0.29) is 22.1 Å². The molecule has 1 heterocycles. The summed E-state index contributed by atoms with van der Waals surface area (Å²) < 4.78 is 5.54. The Morgan fingerprint density at radius 3 is 2.50 bits per heavy atom. The molecule has 0 radical (unpaired) electrons. The summed E-state index contributed by atoms with van der Waals surface area (Å²) in [6.07, 6.45) is 0. The van der Waals surface area contributed by atoms with Gasteiger partial charge in [0.05, 0.1) is 16.3 Å². The van der Waals surface area contributed by atoms with Crippen molar-refractivity contribution in [3.8, 4) is 11.3 Å². The van der Waals surface area contributed by atoms with Gasteiger partial charge in [0.1, 0.15) is 5.76 Å². The van der Waals surface area contributed by atoms with Gasteiger partial charge in [0, 0.05) is 10.6 Å². The van der Waals surface area contributed by atoms with Crippen molar-refractivity contribution < 1.29 is 19.1 Å². The molecule has 9 heteroatoms. The summed E-state index contributed by atoms with van der Waals surface area (Å²) in [4.78, 5) is 23.6. The molecule has 0 bridgehead atoms. The Morgan fingerprint density at radius 2 is 1.79 bits per heavy atom. The molecule has 3 rings (SSSR count). The van der Waals surface area contributed by atoms with Crippen molar-refractivity contribution in [2.45, 2.75) is 0 Å². The van der Waals surface area contributed by atoms with Gasteiger partial charge in [-0.25, -0.2) is 4.79 Å². The smallest absolute Gasteiger partial charge is 0.337 e. The Kier molecular flexibility index (Phi) is 5.99. The minimum Gasteiger partial charge on any atom is -0.478 e. The molecule has 1 aromatic heterocycles. The number of carbonyl (C=O) groups excluding carboxylic acids is 1. The van der Waals surface area contributed by atoms with Gasteiger partial charge in [-0.05, 0) is 54.7 Å². The summed E-state index contributed by atoms with van der Waals surface area (Å²) in [7, 11) is 0. The number of anilines is 1. The Hall–Kier alpha value is -2.87. The number of amides is 1. The normalized spacial score (nSPS) is 10.4. The van der Waals surface area contributed by atoms with Crippen LogP contribution in [0.1, 0.15) is 20.9 Å². The summed E-state index contributed by atoms with van der Waals surface area (Å²) in [5, 5.41) is 15.1. The largest absolute Gasteiger partial charge is 0.478 e. The van der Waals surface area contributed by atoms with Crippen molar-refractivity contribution in [3.05, 3.63) is 76.0 Å². The van der Waals surface area contributed by atoms with Crippen LogP contribution in [0.4, 0.5) is 5.69 Å². The van der Waals surface area contributed by atoms with Crippen LogP contribution in [0, 0.1) is 0 Å². The van der Waals surface area contributed by atoms with E-state index in [2.05, 4.69) is 10.6 Å². The fourth-order valence-electron chi connectivity index (χ4n) is 2.39. The predicted octanol–water partition coefficient (Wildman–Crippen LogP) is 5.08. The maximum Gasteiger partial charge on any atom is 0.337 e. The zero-order valence-corrected chi connectivity index (χ0v) is 16.4. The van der Waals surface area contributed by atoms with E-state index < -0.39 is 11.9 Å². The summed E-state index contributed by atoms with van der Waals surface area (Å²) in [6, 6.07) is 14.2. The second-order valence-electron chi connectivity index (χ2n) is 5.55. The van der Waals surface area contributed by atoms with Crippen LogP contribution >= 0.6 is 35.4 Å². The van der Waals surface area contributed by atoms with Crippen molar-refractivity contribution in [2.24, 2.45) is 0 Å². The minimum absolute atomic E-state index is 0.0108. The van der Waals surface area contributed by atoms with Crippen molar-refractivity contribution >= 4 is 58.1 Å². The molecule has 0 fully saturated rings. The second-order valence-corrected chi connectivity index (χ2v) is 6.80. The molecule has 0 saturated heterocycles. The second kappa shape index (κ2) is 8.43. The molecule has 3 aromatic rings. The highest BCUT2D eigenvalue weighted by Gasteiger charge is 2.16. The van der Waals surface area contributed by atoms with E-state index >= 15 is 0 Å². The van der Waals surface area contributed by atoms with E-state index in [0.29, 0.717) is 21.4 Å². The number of carboxylic acids is 1. The molecule has 0 aliphatic carbocycles. The Balaban J connectivity index is 1.71. The number of carbonyl (C=O) groups is 2. The van der Waals surface area contributed by atoms with Crippen LogP contribution in [-0.4, -0.2) is 22.1 Å². The van der Waals surface area contributed by atoms with Crippen molar-refractivity contribution in [1.29, 1.82) is 0 Å². The molecule has 0 unspecified atom stereocenters. The maximum atomic E-state index is 12.3. The number of carboxylic acid groups (broad SMARTS) is 1. The van der Waals surface area contributed by atoms with Gasteiger partial charge >= 0.3 is 5.97 Å². The van der Waals surface area contributed by atoms with E-state index in [1.165, 1.54) is 18.2 Å². The van der Waals surface area contributed by atoms with Crippen LogP contribution in [0.5, 0.6) is 0 Å². The molecule has 2 aromatic carbocycles. The SMILES string of the molecule is O=C(NC(=S)Nc1ccccc1C(=O)O)c1ccc(-c2ccc(Cl)cc2Cl)o1. The van der Waals surface area contributed by atoms with E-state index in [9.17, 15) is 14.7 Å². The first-order chi connectivity index (χ1) is 13.3. The molecule has 0 atom stereocenters. The molecule has 0 aliphatic heterocycles. The topological polar surface area (TPSA) is 91.6 Å². The molecule has 1 amide bonds. The van der Waals surface area contributed by atoms with Crippen LogP contribution in [-0.2, 0) is 0 Å². The van der Waals surface area contributed by atoms with Gasteiger partial charge in [0.2, 0.25) is 0 Å². The molecule has 0 saturated carbocycles. The fourth-order valence-corrected chi connectivity index (χ4v) is 3.10. The van der Waals surface area contributed by atoms with Crippen LogP contribution in [0.25, 0.3) is 11.3 Å². The monoisotopic (exact) mass is 434 g/mol. The third kappa shape index (κ3) is 4.51. The van der Waals surface area contributed by atoms with Crippen LogP contribution in [0.2, 0.25) is 10.0 Å². The van der Waals surface area contributed by atoms with E-state index in [1.54, 1.807) is 36.4 Å². The number of benzene rings is 2. The highest BCUT2D eigenvalue weighted by atomic mass is 35.5. The zero-order chi connectivity index (χ0) is 20.3. The number of aromatic carboxylic acids is 1. The standard InChI is InChI=1S/C19H12Cl2N2O4S/c20-10-5-6-11(13(21)9-10)15-7-8-16(27-15)17(24)23-19(28)22-14-4-2-1-3-12(14)18(25)26/h1-9H,(H,25,26)(H2,22,23,24,28). The fraction of sp³-hybridized carbons (Fsp3) is 0. The molecule has 142 valence electrons. The lowest BCUT2D eigenvalue weighted by molar-refractivity contribution is 0.0698. The predicted molar refractivity (Wildman–Crippen MR) is 111 cm³/mol. The summed E-state index contributed by atoms with van der Waals surface area (Å²) in [6.45, 7) is 0. The number of furan rings is 1. The number of thiocarbonyl (C=S) groups is 1. The number of halogens is 2. The van der Waals surface area contributed by atoms with Crippen molar-refractivity contribution in [3.63, 3.8) is 0 Å². The quantitative estimate of drug-likeness (QED) is 0.496. The van der Waals surface area contributed by atoms with Crippen molar-refractivity contribution in [1.82, 2.24) is 5.32 Å². The first kappa shape index (κ1) is 19.9. The first-order valence-corrected chi connectivity index (χ1v) is 9.01. The van der Waals surface area contributed by atoms with Gasteiger partial charge in [-0.1, -0.05) is 35.3 Å². The lowest BCUT2D eigenvalue weighted by atomic mass is 10.2. The summed E-state index contributed by atoms with van der Waals surface area (Å²) >= 11 is 17.1.